The van der Waals surface area contributed by atoms with Crippen LogP contribution in [0.15, 0.2) is 12.5 Å². The van der Waals surface area contributed by atoms with Gasteiger partial charge in [-0.2, -0.15) is 0 Å². The van der Waals surface area contributed by atoms with Crippen LogP contribution >= 0.6 is 0 Å². The molecular weight excluding hydrogens is 168 g/mol. The van der Waals surface area contributed by atoms with E-state index in [0.717, 1.165) is 5.56 Å². The minimum Gasteiger partial charge on any atom is -0.383 e. The van der Waals surface area contributed by atoms with Gasteiger partial charge in [-0.05, 0) is 0 Å². The first-order valence-electron chi connectivity index (χ1n) is 4.05. The molecule has 0 bridgehead atoms. The summed E-state index contributed by atoms with van der Waals surface area (Å²) in [6.07, 6.45) is 3.44. The fraction of sp³-hybridized carbons (Fsp3) is 0.375. The smallest absolute Gasteiger partial charge is 0.219 e. The third-order valence-corrected chi connectivity index (χ3v) is 1.62. The van der Waals surface area contributed by atoms with Gasteiger partial charge in [-0.3, -0.25) is 4.79 Å². The molecular formula is C8H12N4O. The van der Waals surface area contributed by atoms with E-state index in [1.807, 2.05) is 0 Å². The second kappa shape index (κ2) is 4.39. The number of hydrogen-bond acceptors (Lipinski definition) is 4. The van der Waals surface area contributed by atoms with Crippen LogP contribution < -0.4 is 11.1 Å². The molecule has 0 atom stereocenters. The Labute approximate surface area is 76.4 Å². The Morgan fingerprint density at radius 2 is 2.46 bits per heavy atom. The molecule has 0 saturated heterocycles. The minimum absolute atomic E-state index is 0.0109. The maximum absolute atomic E-state index is 10.9. The zero-order valence-electron chi connectivity index (χ0n) is 7.45. The highest BCUT2D eigenvalue weighted by atomic mass is 16.1. The standard InChI is InChI=1S/C8H12N4O/c1-2-7(13)11-4-6-3-10-5-12-8(6)9/h3,5H,2,4H2,1H3,(H,11,13)(H2,9,10,12). The lowest BCUT2D eigenvalue weighted by Gasteiger charge is -2.04. The monoisotopic (exact) mass is 180 g/mol. The van der Waals surface area contributed by atoms with Crippen LogP contribution in [0, 0.1) is 0 Å². The van der Waals surface area contributed by atoms with Crippen molar-refractivity contribution in [2.45, 2.75) is 19.9 Å². The molecule has 0 unspecified atom stereocenters. The number of carbonyl (C=O) groups is 1. The van der Waals surface area contributed by atoms with E-state index in [2.05, 4.69) is 15.3 Å². The number of rotatable bonds is 3. The van der Waals surface area contributed by atoms with Crippen LogP contribution in [0.5, 0.6) is 0 Å². The lowest BCUT2D eigenvalue weighted by molar-refractivity contribution is -0.120. The van der Waals surface area contributed by atoms with Crippen molar-refractivity contribution in [2.24, 2.45) is 0 Å². The highest BCUT2D eigenvalue weighted by molar-refractivity contribution is 5.75. The van der Waals surface area contributed by atoms with Crippen molar-refractivity contribution >= 4 is 11.7 Å². The number of nitrogens with zero attached hydrogens (tertiary/aromatic N) is 2. The average molecular weight is 180 g/mol. The summed E-state index contributed by atoms with van der Waals surface area (Å²) >= 11 is 0. The second-order valence-corrected chi connectivity index (χ2v) is 2.56. The van der Waals surface area contributed by atoms with E-state index in [9.17, 15) is 4.79 Å². The molecule has 1 aromatic heterocycles. The number of nitrogen functional groups attached to an aromatic ring is 1. The predicted octanol–water partition coefficient (Wildman–Crippen LogP) is 0.0850. The normalized spacial score (nSPS) is 9.62. The molecule has 1 amide bonds. The van der Waals surface area contributed by atoms with Crippen molar-refractivity contribution in [3.05, 3.63) is 18.1 Å². The first kappa shape index (κ1) is 9.44. The van der Waals surface area contributed by atoms with Gasteiger partial charge in [0, 0.05) is 24.7 Å². The van der Waals surface area contributed by atoms with Crippen molar-refractivity contribution in [1.82, 2.24) is 15.3 Å². The van der Waals surface area contributed by atoms with Crippen LogP contribution in [0.4, 0.5) is 5.82 Å². The van der Waals surface area contributed by atoms with Gasteiger partial charge < -0.3 is 11.1 Å². The van der Waals surface area contributed by atoms with Crippen molar-refractivity contribution in [1.29, 1.82) is 0 Å². The van der Waals surface area contributed by atoms with Crippen LogP contribution in [-0.2, 0) is 11.3 Å². The fourth-order valence-corrected chi connectivity index (χ4v) is 0.823. The predicted molar refractivity (Wildman–Crippen MR) is 48.6 cm³/mol. The SMILES string of the molecule is CCC(=O)NCc1cncnc1N. The molecule has 1 aromatic rings. The van der Waals surface area contributed by atoms with E-state index >= 15 is 0 Å². The summed E-state index contributed by atoms with van der Waals surface area (Å²) in [5, 5.41) is 2.69. The largest absolute Gasteiger partial charge is 0.383 e. The van der Waals surface area contributed by atoms with E-state index in [1.165, 1.54) is 6.33 Å². The molecule has 0 aliphatic rings. The van der Waals surface area contributed by atoms with Gasteiger partial charge in [0.1, 0.15) is 12.1 Å². The fourth-order valence-electron chi connectivity index (χ4n) is 0.823. The van der Waals surface area contributed by atoms with Crippen LogP contribution in [0.3, 0.4) is 0 Å². The zero-order valence-corrected chi connectivity index (χ0v) is 7.45. The molecule has 0 saturated carbocycles. The molecule has 5 nitrogen and oxygen atoms in total. The molecule has 0 spiro atoms. The number of carbonyl (C=O) groups excluding carboxylic acids is 1. The summed E-state index contributed by atoms with van der Waals surface area (Å²) in [6.45, 7) is 2.18. The Hall–Kier alpha value is -1.65. The van der Waals surface area contributed by atoms with E-state index in [0.29, 0.717) is 18.8 Å². The van der Waals surface area contributed by atoms with Crippen molar-refractivity contribution < 1.29 is 4.79 Å². The molecule has 0 fully saturated rings. The van der Waals surface area contributed by atoms with Crippen LogP contribution in [0.25, 0.3) is 0 Å². The lowest BCUT2D eigenvalue weighted by atomic mass is 10.3. The number of aromatic nitrogens is 2. The van der Waals surface area contributed by atoms with E-state index < -0.39 is 0 Å². The summed E-state index contributed by atoms with van der Waals surface area (Å²) in [5.74, 6) is 0.398. The van der Waals surface area contributed by atoms with Gasteiger partial charge in [0.05, 0.1) is 0 Å². The third kappa shape index (κ3) is 2.70. The second-order valence-electron chi connectivity index (χ2n) is 2.56. The van der Waals surface area contributed by atoms with E-state index in [4.69, 9.17) is 5.73 Å². The summed E-state index contributed by atoms with van der Waals surface area (Å²) in [5.41, 5.74) is 6.29. The van der Waals surface area contributed by atoms with Gasteiger partial charge in [0.15, 0.2) is 0 Å². The van der Waals surface area contributed by atoms with Gasteiger partial charge in [0.25, 0.3) is 0 Å². The molecule has 0 aliphatic heterocycles. The Kier molecular flexibility index (Phi) is 3.19. The molecule has 5 heteroatoms. The highest BCUT2D eigenvalue weighted by Gasteiger charge is 2.01. The highest BCUT2D eigenvalue weighted by Crippen LogP contribution is 2.03. The van der Waals surface area contributed by atoms with Gasteiger partial charge in [0.2, 0.25) is 5.91 Å². The minimum atomic E-state index is -0.0109. The lowest BCUT2D eigenvalue weighted by Crippen LogP contribution is -2.22. The number of nitrogens with one attached hydrogen (secondary N) is 1. The van der Waals surface area contributed by atoms with E-state index in [1.54, 1.807) is 13.1 Å². The summed E-state index contributed by atoms with van der Waals surface area (Å²) in [7, 11) is 0. The van der Waals surface area contributed by atoms with Crippen molar-refractivity contribution in [2.75, 3.05) is 5.73 Å². The topological polar surface area (TPSA) is 80.9 Å². The molecule has 1 rings (SSSR count). The Bertz CT molecular complexity index is 300. The zero-order chi connectivity index (χ0) is 9.68. The molecule has 0 aromatic carbocycles. The van der Waals surface area contributed by atoms with Gasteiger partial charge in [-0.1, -0.05) is 6.92 Å². The van der Waals surface area contributed by atoms with Crippen LogP contribution in [-0.4, -0.2) is 15.9 Å². The first-order valence-corrected chi connectivity index (χ1v) is 4.05. The third-order valence-electron chi connectivity index (χ3n) is 1.62. The number of nitrogens with two attached hydrogens (primary N) is 1. The van der Waals surface area contributed by atoms with Gasteiger partial charge >= 0.3 is 0 Å². The Balaban J connectivity index is 2.54. The van der Waals surface area contributed by atoms with Crippen molar-refractivity contribution in [3.63, 3.8) is 0 Å². The summed E-state index contributed by atoms with van der Waals surface area (Å²) in [4.78, 5) is 18.5. The Morgan fingerprint density at radius 1 is 1.69 bits per heavy atom. The summed E-state index contributed by atoms with van der Waals surface area (Å²) in [6, 6.07) is 0. The quantitative estimate of drug-likeness (QED) is 0.690. The first-order chi connectivity index (χ1) is 6.24. The average Bonchev–Trinajstić information content (AvgIpc) is 2.16. The number of hydrogen-bond donors (Lipinski definition) is 2. The van der Waals surface area contributed by atoms with Crippen LogP contribution in [0.2, 0.25) is 0 Å². The van der Waals surface area contributed by atoms with Gasteiger partial charge in [-0.15, -0.1) is 0 Å². The Morgan fingerprint density at radius 3 is 3.08 bits per heavy atom. The van der Waals surface area contributed by atoms with E-state index in [-0.39, 0.29) is 5.91 Å². The maximum atomic E-state index is 10.9. The molecule has 13 heavy (non-hydrogen) atoms. The molecule has 0 radical (unpaired) electrons. The maximum Gasteiger partial charge on any atom is 0.219 e. The molecule has 0 aliphatic carbocycles. The van der Waals surface area contributed by atoms with Crippen LogP contribution in [0.1, 0.15) is 18.9 Å². The van der Waals surface area contributed by atoms with Gasteiger partial charge in [-0.25, -0.2) is 9.97 Å². The number of anilines is 1. The summed E-state index contributed by atoms with van der Waals surface area (Å²) < 4.78 is 0. The molecule has 3 N–H and O–H groups in total. The number of amides is 1. The molecule has 70 valence electrons. The van der Waals surface area contributed by atoms with Crippen molar-refractivity contribution in [3.8, 4) is 0 Å². The molecule has 1 heterocycles.